The van der Waals surface area contributed by atoms with Gasteiger partial charge in [-0.2, -0.15) is 0 Å². The monoisotopic (exact) mass is 370 g/mol. The topological polar surface area (TPSA) is 71.8 Å². The zero-order valence-electron chi connectivity index (χ0n) is 14.6. The molecule has 1 aromatic heterocycles. The molecule has 0 radical (unpaired) electrons. The first-order valence-electron chi connectivity index (χ1n) is 8.00. The summed E-state index contributed by atoms with van der Waals surface area (Å²) in [5, 5.41) is 3.70. The van der Waals surface area contributed by atoms with Gasteiger partial charge in [-0.05, 0) is 55.9 Å². The minimum Gasteiger partial charge on any atom is -0.457 e. The molecule has 7 heteroatoms. The predicted molar refractivity (Wildman–Crippen MR) is 99.7 cm³/mol. The van der Waals surface area contributed by atoms with Crippen LogP contribution in [0.15, 0.2) is 58.3 Å². The van der Waals surface area contributed by atoms with Gasteiger partial charge in [-0.3, -0.25) is 4.79 Å². The molecular formula is C19H18N2O4S. The molecule has 0 saturated heterocycles. The molecule has 1 N–H and O–H groups in total. The molecule has 2 heterocycles. The molecule has 0 fully saturated rings. The number of rotatable bonds is 4. The highest BCUT2D eigenvalue weighted by Crippen LogP contribution is 2.32. The van der Waals surface area contributed by atoms with Crippen LogP contribution in [-0.4, -0.2) is 28.8 Å². The number of carbonyl (C=O) groups excluding carboxylic acids is 2. The number of ketones is 1. The normalized spacial score (nSPS) is 17.1. The van der Waals surface area contributed by atoms with Crippen LogP contribution in [0.25, 0.3) is 0 Å². The standard InChI is InChI=1S/C19H18N2O4S/c1-11-16(12(2)22)17(20-19(26)21(11)3)13-6-4-7-14(10-13)25-18(23)15-8-5-9-24-15/h4-10,17H,1-3H3,(H,20,26). The molecule has 0 aliphatic carbocycles. The van der Waals surface area contributed by atoms with Crippen LogP contribution in [0.4, 0.5) is 0 Å². The van der Waals surface area contributed by atoms with E-state index in [2.05, 4.69) is 5.32 Å². The average Bonchev–Trinajstić information content (AvgIpc) is 3.14. The Balaban J connectivity index is 1.93. The van der Waals surface area contributed by atoms with Gasteiger partial charge in [-0.15, -0.1) is 0 Å². The van der Waals surface area contributed by atoms with Gasteiger partial charge in [-0.1, -0.05) is 12.1 Å². The molecule has 1 aromatic carbocycles. The predicted octanol–water partition coefficient (Wildman–Crippen LogP) is 3.22. The van der Waals surface area contributed by atoms with Crippen molar-refractivity contribution >= 4 is 29.1 Å². The van der Waals surface area contributed by atoms with Gasteiger partial charge in [0, 0.05) is 18.3 Å². The van der Waals surface area contributed by atoms with Crippen molar-refractivity contribution < 1.29 is 18.7 Å². The van der Waals surface area contributed by atoms with Crippen molar-refractivity contribution in [3.05, 3.63) is 65.3 Å². The molecular weight excluding hydrogens is 352 g/mol. The van der Waals surface area contributed by atoms with Crippen molar-refractivity contribution in [1.29, 1.82) is 0 Å². The second kappa shape index (κ2) is 7.13. The van der Waals surface area contributed by atoms with Crippen molar-refractivity contribution in [3.8, 4) is 5.75 Å². The van der Waals surface area contributed by atoms with Crippen LogP contribution in [0, 0.1) is 0 Å². The molecule has 2 aromatic rings. The van der Waals surface area contributed by atoms with Gasteiger partial charge >= 0.3 is 5.97 Å². The Kier molecular flexibility index (Phi) is 4.90. The minimum absolute atomic E-state index is 0.0488. The lowest BCUT2D eigenvalue weighted by Crippen LogP contribution is -2.45. The fraction of sp³-hybridized carbons (Fsp3) is 0.211. The third-order valence-corrected chi connectivity index (χ3v) is 4.65. The fourth-order valence-corrected chi connectivity index (χ4v) is 3.11. The number of benzene rings is 1. The van der Waals surface area contributed by atoms with Crippen molar-refractivity contribution in [2.24, 2.45) is 0 Å². The van der Waals surface area contributed by atoms with Crippen LogP contribution in [0.2, 0.25) is 0 Å². The van der Waals surface area contributed by atoms with Crippen molar-refractivity contribution in [3.63, 3.8) is 0 Å². The van der Waals surface area contributed by atoms with E-state index < -0.39 is 12.0 Å². The number of carbonyl (C=O) groups is 2. The van der Waals surface area contributed by atoms with E-state index >= 15 is 0 Å². The summed E-state index contributed by atoms with van der Waals surface area (Å²) < 4.78 is 10.4. The van der Waals surface area contributed by atoms with Crippen LogP contribution in [-0.2, 0) is 4.79 Å². The number of furan rings is 1. The first-order valence-corrected chi connectivity index (χ1v) is 8.41. The Bertz CT molecular complexity index is 902. The summed E-state index contributed by atoms with van der Waals surface area (Å²) in [5.41, 5.74) is 2.19. The number of esters is 1. The molecule has 6 nitrogen and oxygen atoms in total. The number of nitrogens with zero attached hydrogens (tertiary/aromatic N) is 1. The van der Waals surface area contributed by atoms with Crippen LogP contribution in [0.3, 0.4) is 0 Å². The van der Waals surface area contributed by atoms with Gasteiger partial charge < -0.3 is 19.4 Å². The highest BCUT2D eigenvalue weighted by molar-refractivity contribution is 7.80. The highest BCUT2D eigenvalue weighted by atomic mass is 32.1. The van der Waals surface area contributed by atoms with Crippen molar-refractivity contribution in [1.82, 2.24) is 10.2 Å². The summed E-state index contributed by atoms with van der Waals surface area (Å²) in [4.78, 5) is 26.0. The third-order valence-electron chi connectivity index (χ3n) is 4.26. The van der Waals surface area contributed by atoms with Gasteiger partial charge in [0.15, 0.2) is 10.9 Å². The van der Waals surface area contributed by atoms with Gasteiger partial charge in [0.2, 0.25) is 5.76 Å². The second-order valence-corrected chi connectivity index (χ2v) is 6.32. The zero-order valence-corrected chi connectivity index (χ0v) is 15.4. The average molecular weight is 370 g/mol. The molecule has 1 aliphatic rings. The molecule has 0 bridgehead atoms. The number of hydrogen-bond donors (Lipinski definition) is 1. The molecule has 3 rings (SSSR count). The maximum Gasteiger partial charge on any atom is 0.379 e. The Morgan fingerprint density at radius 3 is 2.69 bits per heavy atom. The van der Waals surface area contributed by atoms with E-state index in [4.69, 9.17) is 21.4 Å². The molecule has 0 saturated carbocycles. The summed E-state index contributed by atoms with van der Waals surface area (Å²) >= 11 is 5.35. The van der Waals surface area contributed by atoms with Crippen LogP contribution >= 0.6 is 12.2 Å². The maximum atomic E-state index is 12.2. The van der Waals surface area contributed by atoms with Gasteiger partial charge in [0.05, 0.1) is 12.3 Å². The van der Waals surface area contributed by atoms with E-state index in [1.807, 2.05) is 20.0 Å². The Labute approximate surface area is 156 Å². The fourth-order valence-electron chi connectivity index (χ4n) is 2.85. The van der Waals surface area contributed by atoms with E-state index in [1.54, 1.807) is 29.2 Å². The van der Waals surface area contributed by atoms with Gasteiger partial charge in [0.1, 0.15) is 5.75 Å². The summed E-state index contributed by atoms with van der Waals surface area (Å²) in [6.07, 6.45) is 1.41. The van der Waals surface area contributed by atoms with Gasteiger partial charge in [0.25, 0.3) is 0 Å². The maximum absolute atomic E-state index is 12.2. The first kappa shape index (κ1) is 17.9. The molecule has 1 aliphatic heterocycles. The summed E-state index contributed by atoms with van der Waals surface area (Å²) in [7, 11) is 1.81. The lowest BCUT2D eigenvalue weighted by molar-refractivity contribution is -0.114. The summed E-state index contributed by atoms with van der Waals surface area (Å²) in [5.74, 6) is -0.157. The van der Waals surface area contributed by atoms with Crippen LogP contribution in [0.1, 0.15) is 36.0 Å². The Hall–Kier alpha value is -2.93. The smallest absolute Gasteiger partial charge is 0.379 e. The largest absolute Gasteiger partial charge is 0.457 e. The SMILES string of the molecule is CC(=O)C1=C(C)N(C)C(=S)NC1c1cccc(OC(=O)c2ccco2)c1. The van der Waals surface area contributed by atoms with E-state index in [0.717, 1.165) is 11.3 Å². The minimum atomic E-state index is -0.586. The van der Waals surface area contributed by atoms with E-state index in [0.29, 0.717) is 16.4 Å². The number of nitrogens with one attached hydrogen (secondary N) is 1. The van der Waals surface area contributed by atoms with Crippen LogP contribution in [0.5, 0.6) is 5.75 Å². The number of allylic oxidation sites excluding steroid dienone is 1. The second-order valence-electron chi connectivity index (χ2n) is 5.94. The highest BCUT2D eigenvalue weighted by Gasteiger charge is 2.30. The van der Waals surface area contributed by atoms with Crippen LogP contribution < -0.4 is 10.1 Å². The quantitative estimate of drug-likeness (QED) is 0.503. The summed E-state index contributed by atoms with van der Waals surface area (Å²) in [6.45, 7) is 3.38. The number of hydrogen-bond acceptors (Lipinski definition) is 5. The molecule has 1 atom stereocenters. The molecule has 0 amide bonds. The first-order chi connectivity index (χ1) is 12.4. The number of thiocarbonyl (C=S) groups is 1. The molecule has 134 valence electrons. The molecule has 0 spiro atoms. The molecule has 1 unspecified atom stereocenters. The lowest BCUT2D eigenvalue weighted by Gasteiger charge is -2.35. The van der Waals surface area contributed by atoms with E-state index in [9.17, 15) is 9.59 Å². The Morgan fingerprint density at radius 1 is 1.27 bits per heavy atom. The zero-order chi connectivity index (χ0) is 18.8. The Morgan fingerprint density at radius 2 is 2.04 bits per heavy atom. The molecule has 26 heavy (non-hydrogen) atoms. The van der Waals surface area contributed by atoms with E-state index in [1.165, 1.54) is 19.3 Å². The number of Topliss-reactive ketones (excluding diaryl/α,β-unsaturated/α-hetero) is 1. The van der Waals surface area contributed by atoms with Crippen molar-refractivity contribution in [2.45, 2.75) is 19.9 Å². The van der Waals surface area contributed by atoms with Crippen molar-refractivity contribution in [2.75, 3.05) is 7.05 Å². The van der Waals surface area contributed by atoms with Gasteiger partial charge in [-0.25, -0.2) is 4.79 Å². The van der Waals surface area contributed by atoms with E-state index in [-0.39, 0.29) is 11.5 Å². The third kappa shape index (κ3) is 3.39. The summed E-state index contributed by atoms with van der Waals surface area (Å²) in [6, 6.07) is 9.73. The lowest BCUT2D eigenvalue weighted by atomic mass is 9.92. The number of ether oxygens (including phenoxy) is 1.